The van der Waals surface area contributed by atoms with Crippen molar-refractivity contribution in [3.05, 3.63) is 29.3 Å². The average Bonchev–Trinajstić information content (AvgIpc) is 2.35. The van der Waals surface area contributed by atoms with Crippen molar-refractivity contribution < 1.29 is 14.3 Å². The van der Waals surface area contributed by atoms with E-state index in [1.165, 1.54) is 20.3 Å². The topological polar surface area (TPSA) is 59.3 Å². The molecule has 0 atom stereocenters. The normalized spacial score (nSPS) is 10.6. The Bertz CT molecular complexity index is 503. The third-order valence-corrected chi connectivity index (χ3v) is 2.25. The van der Waals surface area contributed by atoms with Gasteiger partial charge in [-0.2, -0.15) is 5.26 Å². The first-order valence-corrected chi connectivity index (χ1v) is 5.03. The maximum absolute atomic E-state index is 10.9. The fourth-order valence-corrected chi connectivity index (χ4v) is 1.34. The second-order valence-corrected chi connectivity index (χ2v) is 3.40. The molecule has 0 N–H and O–H groups in total. The molecule has 0 aliphatic rings. The predicted molar refractivity (Wildman–Crippen MR) is 64.0 cm³/mol. The zero-order chi connectivity index (χ0) is 12.8. The van der Waals surface area contributed by atoms with E-state index in [-0.39, 0.29) is 5.57 Å². The van der Waals surface area contributed by atoms with Gasteiger partial charge in [0.05, 0.1) is 14.2 Å². The molecule has 0 heterocycles. The number of carbonyl (C=O) groups excluding carboxylic acids is 1. The summed E-state index contributed by atoms with van der Waals surface area (Å²) in [6, 6.07) is 6.74. The molecule has 4 nitrogen and oxygen atoms in total. The number of halogens is 1. The van der Waals surface area contributed by atoms with Gasteiger partial charge in [-0.25, -0.2) is 0 Å². The van der Waals surface area contributed by atoms with E-state index in [0.717, 1.165) is 0 Å². The number of benzene rings is 1. The minimum Gasteiger partial charge on any atom is -0.493 e. The molecule has 1 rings (SSSR count). The van der Waals surface area contributed by atoms with Gasteiger partial charge in [-0.15, -0.1) is 0 Å². The fourth-order valence-electron chi connectivity index (χ4n) is 1.24. The van der Waals surface area contributed by atoms with Gasteiger partial charge in [0.1, 0.15) is 11.6 Å². The molecule has 0 saturated carbocycles. The van der Waals surface area contributed by atoms with Gasteiger partial charge >= 0.3 is 0 Å². The third kappa shape index (κ3) is 3.23. The molecular formula is C12H10ClNO3. The summed E-state index contributed by atoms with van der Waals surface area (Å²) in [5.41, 5.74) is 0.507. The Kier molecular flexibility index (Phi) is 4.56. The van der Waals surface area contributed by atoms with Crippen LogP contribution in [-0.2, 0) is 4.79 Å². The minimum atomic E-state index is -0.790. The molecule has 1 aromatic carbocycles. The first-order valence-electron chi connectivity index (χ1n) is 4.66. The molecule has 0 aliphatic carbocycles. The fraction of sp³-hybridized carbons (Fsp3) is 0.167. The van der Waals surface area contributed by atoms with Crippen LogP contribution in [0.15, 0.2) is 23.8 Å². The molecule has 5 heteroatoms. The lowest BCUT2D eigenvalue weighted by atomic mass is 10.1. The van der Waals surface area contributed by atoms with Gasteiger partial charge in [-0.1, -0.05) is 6.07 Å². The molecule has 17 heavy (non-hydrogen) atoms. The highest BCUT2D eigenvalue weighted by atomic mass is 35.5. The van der Waals surface area contributed by atoms with Crippen molar-refractivity contribution in [3.63, 3.8) is 0 Å². The maximum Gasteiger partial charge on any atom is 0.262 e. The summed E-state index contributed by atoms with van der Waals surface area (Å²) >= 11 is 5.24. The van der Waals surface area contributed by atoms with Crippen LogP contribution in [0.4, 0.5) is 0 Å². The number of ether oxygens (including phenoxy) is 2. The Morgan fingerprint density at radius 3 is 2.47 bits per heavy atom. The van der Waals surface area contributed by atoms with Crippen molar-refractivity contribution in [2.24, 2.45) is 0 Å². The number of hydrogen-bond acceptors (Lipinski definition) is 4. The summed E-state index contributed by atoms with van der Waals surface area (Å²) in [5.74, 6) is 1.08. The van der Waals surface area contributed by atoms with Crippen LogP contribution in [-0.4, -0.2) is 19.5 Å². The summed E-state index contributed by atoms with van der Waals surface area (Å²) < 4.78 is 10.2. The van der Waals surface area contributed by atoms with Gasteiger partial charge in [-0.3, -0.25) is 4.79 Å². The molecule has 0 amide bonds. The van der Waals surface area contributed by atoms with Crippen molar-refractivity contribution in [2.75, 3.05) is 14.2 Å². The molecule has 0 fully saturated rings. The highest BCUT2D eigenvalue weighted by Crippen LogP contribution is 2.28. The Morgan fingerprint density at radius 1 is 1.35 bits per heavy atom. The quantitative estimate of drug-likeness (QED) is 0.468. The van der Waals surface area contributed by atoms with E-state index < -0.39 is 5.24 Å². The van der Waals surface area contributed by atoms with Crippen molar-refractivity contribution in [1.29, 1.82) is 5.26 Å². The summed E-state index contributed by atoms with van der Waals surface area (Å²) in [6.45, 7) is 0. The van der Waals surface area contributed by atoms with Crippen LogP contribution in [0.5, 0.6) is 11.5 Å². The SMILES string of the molecule is COc1ccc(/C=C(\C#N)C(=O)Cl)cc1OC. The van der Waals surface area contributed by atoms with Crippen LogP contribution in [0.2, 0.25) is 0 Å². The van der Waals surface area contributed by atoms with E-state index in [1.807, 2.05) is 0 Å². The second-order valence-electron chi connectivity index (χ2n) is 3.06. The lowest BCUT2D eigenvalue weighted by Gasteiger charge is -2.07. The van der Waals surface area contributed by atoms with Crippen LogP contribution >= 0.6 is 11.6 Å². The maximum atomic E-state index is 10.9. The largest absolute Gasteiger partial charge is 0.493 e. The third-order valence-electron chi connectivity index (χ3n) is 2.05. The molecule has 0 radical (unpaired) electrons. The van der Waals surface area contributed by atoms with Gasteiger partial charge in [0.15, 0.2) is 11.5 Å². The second kappa shape index (κ2) is 5.92. The minimum absolute atomic E-state index is 0.126. The zero-order valence-corrected chi connectivity index (χ0v) is 10.1. The average molecular weight is 252 g/mol. The van der Waals surface area contributed by atoms with Gasteiger partial charge in [0, 0.05) is 0 Å². The molecule has 0 unspecified atom stereocenters. The molecule has 0 bridgehead atoms. The van der Waals surface area contributed by atoms with Crippen molar-refractivity contribution in [3.8, 4) is 17.6 Å². The van der Waals surface area contributed by atoms with Crippen LogP contribution in [0.1, 0.15) is 5.56 Å². The molecular weight excluding hydrogens is 242 g/mol. The van der Waals surface area contributed by atoms with E-state index in [0.29, 0.717) is 17.1 Å². The Morgan fingerprint density at radius 2 is 2.00 bits per heavy atom. The first kappa shape index (κ1) is 13.1. The van der Waals surface area contributed by atoms with E-state index in [4.69, 9.17) is 26.3 Å². The Balaban J connectivity index is 3.17. The van der Waals surface area contributed by atoms with E-state index in [1.54, 1.807) is 24.3 Å². The van der Waals surface area contributed by atoms with Gasteiger partial charge in [0.2, 0.25) is 0 Å². The van der Waals surface area contributed by atoms with Crippen molar-refractivity contribution in [1.82, 2.24) is 0 Å². The first-order chi connectivity index (χ1) is 8.12. The predicted octanol–water partition coefficient (Wildman–Crippen LogP) is 2.38. The smallest absolute Gasteiger partial charge is 0.262 e. The summed E-state index contributed by atoms with van der Waals surface area (Å²) in [5, 5.41) is 7.92. The summed E-state index contributed by atoms with van der Waals surface area (Å²) in [7, 11) is 3.03. The monoisotopic (exact) mass is 251 g/mol. The lowest BCUT2D eigenvalue weighted by Crippen LogP contribution is -1.92. The molecule has 0 spiro atoms. The van der Waals surface area contributed by atoms with Crippen LogP contribution in [0.3, 0.4) is 0 Å². The number of methoxy groups -OCH3 is 2. The van der Waals surface area contributed by atoms with Crippen molar-refractivity contribution >= 4 is 22.9 Å². The van der Waals surface area contributed by atoms with Crippen LogP contribution in [0, 0.1) is 11.3 Å². The lowest BCUT2D eigenvalue weighted by molar-refractivity contribution is -0.108. The molecule has 0 aliphatic heterocycles. The highest BCUT2D eigenvalue weighted by molar-refractivity contribution is 6.68. The Labute approximate surface area is 104 Å². The summed E-state index contributed by atoms with van der Waals surface area (Å²) in [6.07, 6.45) is 1.39. The number of rotatable bonds is 4. The Hall–Kier alpha value is -1.99. The number of nitriles is 1. The van der Waals surface area contributed by atoms with E-state index >= 15 is 0 Å². The van der Waals surface area contributed by atoms with Gasteiger partial charge < -0.3 is 9.47 Å². The number of carbonyl (C=O) groups is 1. The van der Waals surface area contributed by atoms with Crippen LogP contribution < -0.4 is 9.47 Å². The van der Waals surface area contributed by atoms with Gasteiger partial charge in [0.25, 0.3) is 5.24 Å². The summed E-state index contributed by atoms with van der Waals surface area (Å²) in [4.78, 5) is 10.9. The van der Waals surface area contributed by atoms with Crippen molar-refractivity contribution in [2.45, 2.75) is 0 Å². The highest BCUT2D eigenvalue weighted by Gasteiger charge is 2.07. The standard InChI is InChI=1S/C12H10ClNO3/c1-16-10-4-3-8(6-11(10)17-2)5-9(7-14)12(13)15/h3-6H,1-2H3/b9-5+. The number of allylic oxidation sites excluding steroid dienone is 1. The molecule has 0 saturated heterocycles. The van der Waals surface area contributed by atoms with E-state index in [2.05, 4.69) is 0 Å². The molecule has 1 aromatic rings. The molecule has 0 aromatic heterocycles. The number of nitrogens with zero attached hydrogens (tertiary/aromatic N) is 1. The van der Waals surface area contributed by atoms with E-state index in [9.17, 15) is 4.79 Å². The van der Waals surface area contributed by atoms with Crippen LogP contribution in [0.25, 0.3) is 6.08 Å². The number of hydrogen-bond donors (Lipinski definition) is 0. The zero-order valence-electron chi connectivity index (χ0n) is 9.36. The molecule has 88 valence electrons. The van der Waals surface area contributed by atoms with Gasteiger partial charge in [-0.05, 0) is 35.4 Å².